The molecule has 37 heavy (non-hydrogen) atoms. The van der Waals surface area contributed by atoms with Crippen LogP contribution in [0.4, 0.5) is 5.13 Å². The molecule has 0 bridgehead atoms. The molecule has 2 aromatic heterocycles. The van der Waals surface area contributed by atoms with Crippen molar-refractivity contribution in [1.29, 1.82) is 0 Å². The van der Waals surface area contributed by atoms with E-state index in [2.05, 4.69) is 20.6 Å². The summed E-state index contributed by atoms with van der Waals surface area (Å²) >= 11 is 8.21. The molecule has 2 fully saturated rings. The van der Waals surface area contributed by atoms with Gasteiger partial charge in [0.25, 0.3) is 11.8 Å². The molecular formula is C22H21ClN6O6S2. The number of fused-ring (bicyclic) bond motifs is 1. The van der Waals surface area contributed by atoms with Crippen LogP contribution in [-0.2, 0) is 19.2 Å². The maximum Gasteiger partial charge on any atom is 0.352 e. The molecule has 0 aromatic carbocycles. The molecule has 3 aliphatic rings. The number of carboxylic acids is 1. The molecule has 4 N–H and O–H groups in total. The number of rotatable bonds is 8. The fourth-order valence-electron chi connectivity index (χ4n) is 4.23. The van der Waals surface area contributed by atoms with Crippen LogP contribution in [0.5, 0.6) is 0 Å². The fourth-order valence-corrected chi connectivity index (χ4v) is 6.24. The topological polar surface area (TPSA) is 173 Å². The first-order valence-corrected chi connectivity index (χ1v) is 13.6. The van der Waals surface area contributed by atoms with Gasteiger partial charge >= 0.3 is 5.97 Å². The normalized spacial score (nSPS) is 22.4. The van der Waals surface area contributed by atoms with E-state index < -0.39 is 29.2 Å². The van der Waals surface area contributed by atoms with Crippen LogP contribution in [0.1, 0.15) is 37.1 Å². The summed E-state index contributed by atoms with van der Waals surface area (Å²) in [6.45, 7) is 0. The van der Waals surface area contributed by atoms with Gasteiger partial charge in [0, 0.05) is 17.2 Å². The number of oxime groups is 1. The fraction of sp³-hybridized carbons (Fsp3) is 0.364. The molecule has 1 saturated heterocycles. The highest BCUT2D eigenvalue weighted by Crippen LogP contribution is 2.41. The van der Waals surface area contributed by atoms with Crippen molar-refractivity contribution in [2.24, 2.45) is 5.16 Å². The second kappa shape index (κ2) is 10.6. The molecule has 2 atom stereocenters. The lowest BCUT2D eigenvalue weighted by atomic mass is 10.0. The van der Waals surface area contributed by atoms with Crippen LogP contribution < -0.4 is 11.1 Å². The minimum Gasteiger partial charge on any atom is -0.477 e. The lowest BCUT2D eigenvalue weighted by molar-refractivity contribution is -0.150. The van der Waals surface area contributed by atoms with E-state index in [1.54, 1.807) is 11.5 Å². The molecule has 1 saturated carbocycles. The molecule has 1 aliphatic carbocycles. The average molecular weight is 565 g/mol. The second-order valence-electron chi connectivity index (χ2n) is 8.45. The number of carbonyl (C=O) groups is 3. The predicted octanol–water partition coefficient (Wildman–Crippen LogP) is 2.48. The molecule has 4 heterocycles. The van der Waals surface area contributed by atoms with Gasteiger partial charge in [-0.1, -0.05) is 28.0 Å². The maximum absolute atomic E-state index is 13.2. The molecule has 2 amide bonds. The third kappa shape index (κ3) is 5.22. The number of thiazole rings is 1. The number of halogens is 1. The van der Waals surface area contributed by atoms with Crippen LogP contribution in [0.2, 0.25) is 5.15 Å². The van der Waals surface area contributed by atoms with E-state index in [1.807, 2.05) is 0 Å². The van der Waals surface area contributed by atoms with Crippen LogP contribution in [0.25, 0.3) is 6.08 Å². The molecule has 2 aliphatic heterocycles. The largest absolute Gasteiger partial charge is 0.477 e. The van der Waals surface area contributed by atoms with Gasteiger partial charge < -0.3 is 25.5 Å². The third-order valence-electron chi connectivity index (χ3n) is 6.01. The van der Waals surface area contributed by atoms with Crippen molar-refractivity contribution < 1.29 is 28.9 Å². The number of carbonyl (C=O) groups excluding carboxylic acids is 2. The van der Waals surface area contributed by atoms with Crippen molar-refractivity contribution in [2.45, 2.75) is 43.2 Å². The van der Waals surface area contributed by atoms with Gasteiger partial charge in [0.15, 0.2) is 21.8 Å². The Labute approximate surface area is 223 Å². The first-order chi connectivity index (χ1) is 17.8. The Morgan fingerprint density at radius 1 is 1.35 bits per heavy atom. The van der Waals surface area contributed by atoms with E-state index in [-0.39, 0.29) is 39.2 Å². The highest BCUT2D eigenvalue weighted by atomic mass is 35.5. The van der Waals surface area contributed by atoms with Crippen molar-refractivity contribution in [1.82, 2.24) is 20.4 Å². The minimum absolute atomic E-state index is 0.0868. The Morgan fingerprint density at radius 3 is 2.78 bits per heavy atom. The Hall–Kier alpha value is -3.36. The molecule has 194 valence electrons. The number of anilines is 1. The maximum atomic E-state index is 13.2. The second-order valence-corrected chi connectivity index (χ2v) is 10.8. The Balaban J connectivity index is 1.33. The molecular weight excluding hydrogens is 544 g/mol. The number of β-lactam (4-membered cyclic amide) rings is 1. The van der Waals surface area contributed by atoms with Crippen molar-refractivity contribution in [3.8, 4) is 0 Å². The first kappa shape index (κ1) is 25.3. The summed E-state index contributed by atoms with van der Waals surface area (Å²) in [5, 5.41) is 21.5. The molecule has 0 radical (unpaired) electrons. The van der Waals surface area contributed by atoms with Crippen molar-refractivity contribution >= 4 is 69.4 Å². The van der Waals surface area contributed by atoms with Crippen molar-refractivity contribution in [3.63, 3.8) is 0 Å². The third-order valence-corrected chi connectivity index (χ3v) is 8.16. The number of thioether (sulfide) groups is 1. The van der Waals surface area contributed by atoms with Gasteiger partial charge in [-0.05, 0) is 37.3 Å². The highest BCUT2D eigenvalue weighted by molar-refractivity contribution is 8.00. The number of nitrogens with one attached hydrogen (secondary N) is 1. The van der Waals surface area contributed by atoms with Crippen LogP contribution in [0, 0.1) is 0 Å². The molecule has 12 nitrogen and oxygen atoms in total. The molecule has 2 aromatic rings. The Bertz CT molecular complexity index is 1330. The number of allylic oxidation sites excluding steroid dienone is 1. The molecule has 15 heteroatoms. The van der Waals surface area contributed by atoms with Crippen molar-refractivity contribution in [2.75, 3.05) is 11.5 Å². The van der Waals surface area contributed by atoms with E-state index >= 15 is 0 Å². The van der Waals surface area contributed by atoms with E-state index in [1.165, 1.54) is 28.8 Å². The Morgan fingerprint density at radius 2 is 2.14 bits per heavy atom. The van der Waals surface area contributed by atoms with E-state index in [4.69, 9.17) is 26.7 Å². The SMILES string of the molecule is Nc1nc(/C(=N/OC2CCCC2)C(=O)N[C@@H]2C(=O)N3C(C(=O)O)=C(/C=C\c4cc(Cl)no4)CS[C@H]23)cs1. The minimum atomic E-state index is -1.26. The van der Waals surface area contributed by atoms with Gasteiger partial charge in [0.05, 0.1) is 0 Å². The van der Waals surface area contributed by atoms with Gasteiger partial charge in [-0.3, -0.25) is 14.5 Å². The summed E-state index contributed by atoms with van der Waals surface area (Å²) in [6.07, 6.45) is 6.72. The van der Waals surface area contributed by atoms with Gasteiger partial charge in [0.2, 0.25) is 0 Å². The lowest BCUT2D eigenvalue weighted by Gasteiger charge is -2.49. The number of nitrogens with zero attached hydrogens (tertiary/aromatic N) is 4. The first-order valence-electron chi connectivity index (χ1n) is 11.3. The average Bonchev–Trinajstić information content (AvgIpc) is 3.64. The quantitative estimate of drug-likeness (QED) is 0.245. The van der Waals surface area contributed by atoms with E-state index in [0.717, 1.165) is 37.0 Å². The summed E-state index contributed by atoms with van der Waals surface area (Å²) in [6, 6.07) is 0.530. The van der Waals surface area contributed by atoms with E-state index in [9.17, 15) is 19.5 Å². The number of hydrogen-bond donors (Lipinski definition) is 3. The number of carboxylic acid groups (broad SMARTS) is 1. The summed E-state index contributed by atoms with van der Waals surface area (Å²) in [5.74, 6) is -1.84. The zero-order chi connectivity index (χ0) is 26.1. The van der Waals surface area contributed by atoms with Gasteiger partial charge in [-0.2, -0.15) is 0 Å². The van der Waals surface area contributed by atoms with Gasteiger partial charge in [-0.25, -0.2) is 9.78 Å². The lowest BCUT2D eigenvalue weighted by Crippen LogP contribution is -2.71. The highest BCUT2D eigenvalue weighted by Gasteiger charge is 2.54. The number of nitrogen functional groups attached to an aromatic ring is 1. The van der Waals surface area contributed by atoms with Crippen LogP contribution in [0.15, 0.2) is 38.5 Å². The number of amides is 2. The monoisotopic (exact) mass is 564 g/mol. The van der Waals surface area contributed by atoms with Crippen LogP contribution >= 0.6 is 34.7 Å². The van der Waals surface area contributed by atoms with E-state index in [0.29, 0.717) is 11.3 Å². The predicted molar refractivity (Wildman–Crippen MR) is 137 cm³/mol. The smallest absolute Gasteiger partial charge is 0.352 e. The number of aromatic nitrogens is 2. The summed E-state index contributed by atoms with van der Waals surface area (Å²) in [7, 11) is 0. The van der Waals surface area contributed by atoms with Gasteiger partial charge in [0.1, 0.15) is 28.9 Å². The summed E-state index contributed by atoms with van der Waals surface area (Å²) in [4.78, 5) is 49.1. The van der Waals surface area contributed by atoms with Crippen LogP contribution in [-0.4, -0.2) is 66.9 Å². The van der Waals surface area contributed by atoms with Gasteiger partial charge in [-0.15, -0.1) is 23.1 Å². The number of nitrogens with two attached hydrogens (primary N) is 1. The zero-order valence-electron chi connectivity index (χ0n) is 19.1. The summed E-state index contributed by atoms with van der Waals surface area (Å²) < 4.78 is 5.00. The van der Waals surface area contributed by atoms with Crippen molar-refractivity contribution in [3.05, 3.63) is 45.4 Å². The molecule has 0 spiro atoms. The summed E-state index contributed by atoms with van der Waals surface area (Å²) in [5.41, 5.74) is 6.13. The standard InChI is InChI=1S/C22H21ClN6O6S2/c23-14-7-12(35-27-14)6-5-10-8-36-20-16(19(31)29(20)17(10)21(32)33)26-18(30)15(13-9-37-22(24)25-13)28-34-11-3-1-2-4-11/h5-7,9,11,16,20H,1-4,8H2,(H2,24,25)(H,26,30)(H,32,33)/b6-5-,28-15-/t16-,20-/m1/s1. The zero-order valence-corrected chi connectivity index (χ0v) is 21.5. The molecule has 5 rings (SSSR count). The molecule has 0 unspecified atom stereocenters. The van der Waals surface area contributed by atoms with Crippen LogP contribution in [0.3, 0.4) is 0 Å². The number of hydrogen-bond acceptors (Lipinski definition) is 11. The Kier molecular flexibility index (Phi) is 7.22. The number of aliphatic carboxylic acids is 1.